The molecule has 0 heterocycles. The van der Waals surface area contributed by atoms with E-state index in [0.717, 1.165) is 12.8 Å². The van der Waals surface area contributed by atoms with Crippen LogP contribution >= 0.6 is 0 Å². The molecule has 0 radical (unpaired) electrons. The molecule has 3 heteroatoms. The van der Waals surface area contributed by atoms with Gasteiger partial charge in [-0.15, -0.1) is 4.72 Å². The van der Waals surface area contributed by atoms with E-state index in [2.05, 4.69) is 31.6 Å². The van der Waals surface area contributed by atoms with Crippen molar-refractivity contribution >= 4 is 11.4 Å². The maximum absolute atomic E-state index is 11.8. The minimum atomic E-state index is -0.952. The van der Waals surface area contributed by atoms with Crippen molar-refractivity contribution < 1.29 is 4.55 Å². The van der Waals surface area contributed by atoms with Crippen molar-refractivity contribution in [1.29, 1.82) is 0 Å². The minimum Gasteiger partial charge on any atom is -0.598 e. The SMILES string of the molecule is CC(C)=CCCC(C)N[S@+]([O-])C(C)(C)C. The zero-order valence-corrected chi connectivity index (χ0v) is 11.7. The van der Waals surface area contributed by atoms with Crippen molar-refractivity contribution in [3.63, 3.8) is 0 Å². The number of allylic oxidation sites excluding steroid dienone is 2. The molecule has 0 aromatic carbocycles. The first-order valence-corrected chi connectivity index (χ1v) is 6.70. The zero-order valence-electron chi connectivity index (χ0n) is 10.9. The first-order valence-electron chi connectivity index (χ1n) is 5.55. The highest BCUT2D eigenvalue weighted by Gasteiger charge is 2.27. The summed E-state index contributed by atoms with van der Waals surface area (Å²) in [7, 11) is 0. The standard InChI is InChI=1S/C12H25NOS/c1-10(2)8-7-9-11(3)13-15(14)12(4,5)6/h8,11,13H,7,9H2,1-6H3/t11?,15-/m1/s1. The molecular formula is C12H25NOS. The molecule has 0 bridgehead atoms. The van der Waals surface area contributed by atoms with Crippen molar-refractivity contribution in [3.05, 3.63) is 11.6 Å². The molecule has 0 aliphatic rings. The van der Waals surface area contributed by atoms with E-state index in [9.17, 15) is 4.55 Å². The molecule has 0 fully saturated rings. The summed E-state index contributed by atoms with van der Waals surface area (Å²) < 4.78 is 14.7. The first kappa shape index (κ1) is 15.0. The molecule has 2 nitrogen and oxygen atoms in total. The predicted octanol–water partition coefficient (Wildman–Crippen LogP) is 3.17. The molecule has 0 aromatic rings. The Morgan fingerprint density at radius 2 is 1.93 bits per heavy atom. The fourth-order valence-electron chi connectivity index (χ4n) is 1.04. The lowest BCUT2D eigenvalue weighted by atomic mass is 10.1. The maximum atomic E-state index is 11.8. The molecule has 1 N–H and O–H groups in total. The van der Waals surface area contributed by atoms with Crippen LogP contribution < -0.4 is 4.72 Å². The van der Waals surface area contributed by atoms with Crippen LogP contribution in [0.3, 0.4) is 0 Å². The van der Waals surface area contributed by atoms with Crippen LogP contribution in [0.2, 0.25) is 0 Å². The van der Waals surface area contributed by atoms with Gasteiger partial charge in [-0.3, -0.25) is 0 Å². The largest absolute Gasteiger partial charge is 0.598 e. The lowest BCUT2D eigenvalue weighted by Gasteiger charge is -2.26. The second-order valence-electron chi connectivity index (χ2n) is 5.26. The van der Waals surface area contributed by atoms with Crippen LogP contribution in [0.15, 0.2) is 11.6 Å². The van der Waals surface area contributed by atoms with Gasteiger partial charge in [0.1, 0.15) is 4.75 Å². The van der Waals surface area contributed by atoms with Gasteiger partial charge in [0.15, 0.2) is 0 Å². The van der Waals surface area contributed by atoms with Gasteiger partial charge in [0.25, 0.3) is 0 Å². The lowest BCUT2D eigenvalue weighted by Crippen LogP contribution is -2.43. The zero-order chi connectivity index (χ0) is 12.1. The van der Waals surface area contributed by atoms with E-state index < -0.39 is 11.4 Å². The summed E-state index contributed by atoms with van der Waals surface area (Å²) in [5, 5.41) is 0. The molecule has 2 atom stereocenters. The van der Waals surface area contributed by atoms with Gasteiger partial charge in [0.2, 0.25) is 0 Å². The van der Waals surface area contributed by atoms with E-state index in [-0.39, 0.29) is 4.75 Å². The summed E-state index contributed by atoms with van der Waals surface area (Å²) in [5.41, 5.74) is 1.35. The normalized spacial score (nSPS) is 15.9. The van der Waals surface area contributed by atoms with Crippen molar-refractivity contribution in [3.8, 4) is 0 Å². The van der Waals surface area contributed by atoms with Gasteiger partial charge in [-0.25, -0.2) is 0 Å². The van der Waals surface area contributed by atoms with Gasteiger partial charge in [-0.1, -0.05) is 11.6 Å². The molecule has 0 rings (SSSR count). The number of nitrogens with one attached hydrogen (secondary N) is 1. The van der Waals surface area contributed by atoms with E-state index in [1.807, 2.05) is 20.8 Å². The van der Waals surface area contributed by atoms with Gasteiger partial charge in [0.05, 0.1) is 0 Å². The average Bonchev–Trinajstić information content (AvgIpc) is 2.01. The highest BCUT2D eigenvalue weighted by molar-refractivity contribution is 7.90. The van der Waals surface area contributed by atoms with Crippen LogP contribution in [-0.4, -0.2) is 15.3 Å². The first-order chi connectivity index (χ1) is 6.73. The van der Waals surface area contributed by atoms with Gasteiger partial charge >= 0.3 is 0 Å². The van der Waals surface area contributed by atoms with Crippen LogP contribution in [0.5, 0.6) is 0 Å². The Labute approximate surface area is 97.8 Å². The molecule has 0 aromatic heterocycles. The van der Waals surface area contributed by atoms with Crippen molar-refractivity contribution in [2.45, 2.75) is 65.2 Å². The topological polar surface area (TPSA) is 35.1 Å². The summed E-state index contributed by atoms with van der Waals surface area (Å²) in [6, 6.07) is 0.306. The van der Waals surface area contributed by atoms with E-state index >= 15 is 0 Å². The molecule has 0 aliphatic carbocycles. The van der Waals surface area contributed by atoms with Crippen LogP contribution in [-0.2, 0) is 11.4 Å². The van der Waals surface area contributed by atoms with Crippen LogP contribution in [0.25, 0.3) is 0 Å². The van der Waals surface area contributed by atoms with Gasteiger partial charge in [-0.2, -0.15) is 0 Å². The Morgan fingerprint density at radius 3 is 2.33 bits per heavy atom. The van der Waals surface area contributed by atoms with E-state index in [4.69, 9.17) is 0 Å². The molecule has 0 saturated carbocycles. The number of hydrogen-bond donors (Lipinski definition) is 1. The second-order valence-corrected chi connectivity index (χ2v) is 7.26. The monoisotopic (exact) mass is 231 g/mol. The highest BCUT2D eigenvalue weighted by atomic mass is 32.2. The molecule has 0 amide bonds. The van der Waals surface area contributed by atoms with Gasteiger partial charge in [-0.05, 0) is 54.4 Å². The third kappa shape index (κ3) is 7.88. The smallest absolute Gasteiger partial charge is 0.136 e. The quantitative estimate of drug-likeness (QED) is 0.582. The van der Waals surface area contributed by atoms with E-state index in [0.29, 0.717) is 6.04 Å². The molecule has 1 unspecified atom stereocenters. The molecule has 15 heavy (non-hydrogen) atoms. The summed E-state index contributed by atoms with van der Waals surface area (Å²) in [4.78, 5) is 0. The van der Waals surface area contributed by atoms with Crippen molar-refractivity contribution in [2.75, 3.05) is 0 Å². The predicted molar refractivity (Wildman–Crippen MR) is 69.2 cm³/mol. The van der Waals surface area contributed by atoms with Gasteiger partial charge in [0, 0.05) is 17.4 Å². The Balaban J connectivity index is 3.84. The highest BCUT2D eigenvalue weighted by Crippen LogP contribution is 2.14. The Hall–Kier alpha value is 0.01000. The third-order valence-electron chi connectivity index (χ3n) is 2.02. The summed E-state index contributed by atoms with van der Waals surface area (Å²) in [6.07, 6.45) is 4.31. The Bertz CT molecular complexity index is 204. The van der Waals surface area contributed by atoms with Crippen LogP contribution in [0.4, 0.5) is 0 Å². The number of rotatable bonds is 5. The fourth-order valence-corrected chi connectivity index (χ4v) is 1.88. The lowest BCUT2D eigenvalue weighted by molar-refractivity contribution is 0.518. The van der Waals surface area contributed by atoms with Crippen molar-refractivity contribution in [2.24, 2.45) is 0 Å². The van der Waals surface area contributed by atoms with Gasteiger partial charge < -0.3 is 4.55 Å². The van der Waals surface area contributed by atoms with Crippen LogP contribution in [0.1, 0.15) is 54.4 Å². The maximum Gasteiger partial charge on any atom is 0.136 e. The molecular weight excluding hydrogens is 206 g/mol. The summed E-state index contributed by atoms with van der Waals surface area (Å²) in [5.74, 6) is 0. The molecule has 90 valence electrons. The molecule has 0 aliphatic heterocycles. The summed E-state index contributed by atoms with van der Waals surface area (Å²) in [6.45, 7) is 12.2. The molecule has 0 saturated heterocycles. The summed E-state index contributed by atoms with van der Waals surface area (Å²) >= 11 is -0.952. The minimum absolute atomic E-state index is 0.176. The fraction of sp³-hybridized carbons (Fsp3) is 0.833. The molecule has 0 spiro atoms. The average molecular weight is 231 g/mol. The Kier molecular flexibility index (Phi) is 6.57. The Morgan fingerprint density at radius 1 is 1.40 bits per heavy atom. The van der Waals surface area contributed by atoms with Crippen LogP contribution in [0, 0.1) is 0 Å². The number of hydrogen-bond acceptors (Lipinski definition) is 2. The van der Waals surface area contributed by atoms with E-state index in [1.54, 1.807) is 0 Å². The van der Waals surface area contributed by atoms with E-state index in [1.165, 1.54) is 5.57 Å². The second kappa shape index (κ2) is 6.56. The third-order valence-corrected chi connectivity index (χ3v) is 3.75. The van der Waals surface area contributed by atoms with Crippen molar-refractivity contribution in [1.82, 2.24) is 4.72 Å².